The van der Waals surface area contributed by atoms with Crippen LogP contribution in [0.5, 0.6) is 0 Å². The highest BCUT2D eigenvalue weighted by molar-refractivity contribution is 6.62. The van der Waals surface area contributed by atoms with Gasteiger partial charge in [-0.1, -0.05) is 12.8 Å². The molecule has 2 N–H and O–H groups in total. The van der Waals surface area contributed by atoms with Crippen LogP contribution in [-0.4, -0.2) is 39.0 Å². The van der Waals surface area contributed by atoms with Crippen molar-refractivity contribution in [3.8, 4) is 0 Å². The van der Waals surface area contributed by atoms with Crippen LogP contribution in [0.1, 0.15) is 86.6 Å². The number of H-pyrrole nitrogens is 1. The Morgan fingerprint density at radius 1 is 1.14 bits per heavy atom. The Hall–Kier alpha value is -2.91. The van der Waals surface area contributed by atoms with Gasteiger partial charge >= 0.3 is 7.12 Å². The summed E-state index contributed by atoms with van der Waals surface area (Å²) in [7, 11) is -0.597. The molecule has 8 nitrogen and oxygen atoms in total. The molecule has 3 heterocycles. The minimum Gasteiger partial charge on any atom is -0.399 e. The predicted octanol–water partition coefficient (Wildman–Crippen LogP) is 3.69. The lowest BCUT2D eigenvalue weighted by Gasteiger charge is -2.32. The van der Waals surface area contributed by atoms with E-state index in [1.54, 1.807) is 6.20 Å². The lowest BCUT2D eigenvalue weighted by atomic mass is 9.77. The van der Waals surface area contributed by atoms with Gasteiger partial charge in [-0.2, -0.15) is 5.10 Å². The van der Waals surface area contributed by atoms with Crippen LogP contribution >= 0.6 is 0 Å². The summed E-state index contributed by atoms with van der Waals surface area (Å²) in [6.07, 6.45) is 6.30. The molecule has 1 aromatic carbocycles. The van der Waals surface area contributed by atoms with E-state index in [2.05, 4.69) is 21.0 Å². The number of benzene rings is 1. The number of pyridine rings is 1. The maximum absolute atomic E-state index is 13.5. The van der Waals surface area contributed by atoms with Crippen molar-refractivity contribution in [1.29, 1.82) is 0 Å². The topological polar surface area (TPSA) is 98.2 Å². The minimum atomic E-state index is -0.597. The van der Waals surface area contributed by atoms with E-state index < -0.39 is 18.3 Å². The lowest BCUT2D eigenvalue weighted by Crippen LogP contribution is -2.41. The third-order valence-corrected chi connectivity index (χ3v) is 8.10. The summed E-state index contributed by atoms with van der Waals surface area (Å²) in [5.74, 6) is -0.260. The molecule has 0 bridgehead atoms. The number of hydrogen-bond donors (Lipinski definition) is 2. The number of amides is 1. The minimum absolute atomic E-state index is 0.138. The smallest absolute Gasteiger partial charge is 0.399 e. The van der Waals surface area contributed by atoms with Crippen molar-refractivity contribution in [2.45, 2.75) is 91.0 Å². The second-order valence-electron chi connectivity index (χ2n) is 11.2. The third kappa shape index (κ3) is 4.28. The average Bonchev–Trinajstić information content (AvgIpc) is 3.50. The van der Waals surface area contributed by atoms with E-state index in [0.29, 0.717) is 17.2 Å². The molecule has 1 aliphatic carbocycles. The van der Waals surface area contributed by atoms with Crippen LogP contribution in [-0.2, 0) is 15.9 Å². The van der Waals surface area contributed by atoms with Gasteiger partial charge in [-0.15, -0.1) is 0 Å². The van der Waals surface area contributed by atoms with Crippen LogP contribution in [0.2, 0.25) is 0 Å². The number of aromatic nitrogens is 3. The van der Waals surface area contributed by atoms with Gasteiger partial charge in [-0.3, -0.25) is 14.3 Å². The van der Waals surface area contributed by atoms with Gasteiger partial charge in [-0.05, 0) is 83.6 Å². The molecular formula is C27H35BN4O4. The van der Waals surface area contributed by atoms with E-state index in [-0.39, 0.29) is 18.0 Å². The van der Waals surface area contributed by atoms with Gasteiger partial charge in [0.05, 0.1) is 29.0 Å². The monoisotopic (exact) mass is 490 g/mol. The van der Waals surface area contributed by atoms with Crippen molar-refractivity contribution >= 4 is 29.4 Å². The maximum atomic E-state index is 13.5. The van der Waals surface area contributed by atoms with Crippen molar-refractivity contribution in [3.05, 3.63) is 57.1 Å². The molecule has 36 heavy (non-hydrogen) atoms. The van der Waals surface area contributed by atoms with Gasteiger partial charge in [0.2, 0.25) is 0 Å². The Bertz CT molecular complexity index is 1370. The number of nitrogens with one attached hydrogen (secondary N) is 2. The zero-order valence-corrected chi connectivity index (χ0v) is 22.0. The zero-order valence-electron chi connectivity index (χ0n) is 22.0. The van der Waals surface area contributed by atoms with Crippen LogP contribution in [0.15, 0.2) is 29.2 Å². The largest absolute Gasteiger partial charge is 0.494 e. The normalized spacial score (nSPS) is 19.3. The van der Waals surface area contributed by atoms with Crippen LogP contribution in [0.4, 0.5) is 0 Å². The highest BCUT2D eigenvalue weighted by atomic mass is 16.7. The summed E-state index contributed by atoms with van der Waals surface area (Å²) >= 11 is 0. The molecule has 0 spiro atoms. The summed E-state index contributed by atoms with van der Waals surface area (Å²) in [5.41, 5.74) is 3.22. The fourth-order valence-electron chi connectivity index (χ4n) is 5.28. The second kappa shape index (κ2) is 8.89. The fourth-order valence-corrected chi connectivity index (χ4v) is 5.28. The SMILES string of the molecule is Cc1cc(C)c(CNC(=O)c2cc(B3OC(C)(C)C(C)(C)O3)cc3c2cnn3C2CCCC2)c(=O)[nH]1. The number of aromatic amines is 1. The average molecular weight is 490 g/mol. The molecule has 190 valence electrons. The van der Waals surface area contributed by atoms with Gasteiger partial charge in [0, 0.05) is 28.8 Å². The number of carbonyl (C=O) groups excluding carboxylic acids is 1. The van der Waals surface area contributed by atoms with Crippen LogP contribution in [0, 0.1) is 13.8 Å². The molecule has 1 saturated heterocycles. The van der Waals surface area contributed by atoms with Gasteiger partial charge in [-0.25, -0.2) is 0 Å². The quantitative estimate of drug-likeness (QED) is 0.532. The van der Waals surface area contributed by atoms with Gasteiger partial charge in [0.25, 0.3) is 11.5 Å². The number of nitrogens with zero attached hydrogens (tertiary/aromatic N) is 2. The Balaban J connectivity index is 1.53. The van der Waals surface area contributed by atoms with E-state index in [1.165, 1.54) is 12.8 Å². The van der Waals surface area contributed by atoms with E-state index in [4.69, 9.17) is 14.4 Å². The maximum Gasteiger partial charge on any atom is 0.494 e. The van der Waals surface area contributed by atoms with Gasteiger partial charge in [0.1, 0.15) is 0 Å². The molecule has 2 aliphatic rings. The second-order valence-corrected chi connectivity index (χ2v) is 11.2. The lowest BCUT2D eigenvalue weighted by molar-refractivity contribution is 0.00578. The zero-order chi connectivity index (χ0) is 25.8. The first kappa shape index (κ1) is 24.8. The summed E-state index contributed by atoms with van der Waals surface area (Å²) in [6.45, 7) is 11.9. The Morgan fingerprint density at radius 3 is 2.44 bits per heavy atom. The molecule has 0 atom stereocenters. The van der Waals surface area contributed by atoms with E-state index in [9.17, 15) is 9.59 Å². The highest BCUT2D eigenvalue weighted by Gasteiger charge is 2.52. The molecule has 1 amide bonds. The Kier molecular flexibility index (Phi) is 6.12. The molecule has 2 fully saturated rings. The van der Waals surface area contributed by atoms with Crippen molar-refractivity contribution in [2.75, 3.05) is 0 Å². The number of rotatable bonds is 5. The molecular weight excluding hydrogens is 455 g/mol. The molecule has 0 radical (unpaired) electrons. The van der Waals surface area contributed by atoms with Crippen molar-refractivity contribution in [2.24, 2.45) is 0 Å². The molecule has 2 aromatic heterocycles. The first-order chi connectivity index (χ1) is 17.0. The molecule has 1 saturated carbocycles. The Morgan fingerprint density at radius 2 is 1.81 bits per heavy atom. The van der Waals surface area contributed by atoms with Crippen molar-refractivity contribution in [1.82, 2.24) is 20.1 Å². The van der Waals surface area contributed by atoms with E-state index in [0.717, 1.165) is 40.5 Å². The summed E-state index contributed by atoms with van der Waals surface area (Å²) in [5, 5.41) is 8.45. The number of aryl methyl sites for hydroxylation is 2. The molecule has 5 rings (SSSR count). The Labute approximate surface area is 211 Å². The molecule has 0 unspecified atom stereocenters. The summed E-state index contributed by atoms with van der Waals surface area (Å²) in [4.78, 5) is 28.8. The molecule has 3 aromatic rings. The first-order valence-corrected chi connectivity index (χ1v) is 12.8. The standard InChI is InChI=1S/C27H35BN4O4/c1-16-11-17(2)31-25(34)21(16)14-29-24(33)20-12-18(28-35-26(3,4)27(5,6)36-28)13-23-22(20)15-30-32(23)19-9-7-8-10-19/h11-13,15,19H,7-10,14H2,1-6H3,(H,29,33)(H,31,34). The van der Waals surface area contributed by atoms with Crippen LogP contribution < -0.4 is 16.3 Å². The predicted molar refractivity (Wildman–Crippen MR) is 141 cm³/mol. The third-order valence-electron chi connectivity index (χ3n) is 8.10. The molecule has 1 aliphatic heterocycles. The van der Waals surface area contributed by atoms with E-state index in [1.807, 2.05) is 53.7 Å². The van der Waals surface area contributed by atoms with Crippen molar-refractivity contribution < 1.29 is 14.1 Å². The highest BCUT2D eigenvalue weighted by Crippen LogP contribution is 2.37. The first-order valence-electron chi connectivity index (χ1n) is 12.8. The molecule has 9 heteroatoms. The van der Waals surface area contributed by atoms with Crippen molar-refractivity contribution in [3.63, 3.8) is 0 Å². The summed E-state index contributed by atoms with van der Waals surface area (Å²) < 4.78 is 14.7. The van der Waals surface area contributed by atoms with Gasteiger partial charge in [0.15, 0.2) is 0 Å². The summed E-state index contributed by atoms with van der Waals surface area (Å²) in [6, 6.07) is 6.12. The number of carbonyl (C=O) groups is 1. The van der Waals surface area contributed by atoms with Crippen LogP contribution in [0.25, 0.3) is 10.9 Å². The number of hydrogen-bond acceptors (Lipinski definition) is 5. The van der Waals surface area contributed by atoms with Crippen LogP contribution in [0.3, 0.4) is 0 Å². The number of fused-ring (bicyclic) bond motifs is 1. The fraction of sp³-hybridized carbons (Fsp3) is 0.519. The van der Waals surface area contributed by atoms with Gasteiger partial charge < -0.3 is 19.6 Å². The van der Waals surface area contributed by atoms with E-state index >= 15 is 0 Å².